The highest BCUT2D eigenvalue weighted by Crippen LogP contribution is 2.39. The van der Waals surface area contributed by atoms with Gasteiger partial charge >= 0.3 is 6.11 Å². The Balaban J connectivity index is 2.35. The first-order valence-electron chi connectivity index (χ1n) is 9.59. The molecule has 0 radical (unpaired) electrons. The van der Waals surface area contributed by atoms with Crippen molar-refractivity contribution in [1.29, 1.82) is 0 Å². The quantitative estimate of drug-likeness (QED) is 0.512. The van der Waals surface area contributed by atoms with Gasteiger partial charge < -0.3 is 4.74 Å². The van der Waals surface area contributed by atoms with Crippen molar-refractivity contribution in [2.45, 2.75) is 59.5 Å². The van der Waals surface area contributed by atoms with Gasteiger partial charge in [0.15, 0.2) is 5.78 Å². The van der Waals surface area contributed by atoms with Crippen LogP contribution in [0.25, 0.3) is 0 Å². The number of hydrogen-bond donors (Lipinski definition) is 0. The fraction of sp³-hybridized carbons (Fsp3) is 0.478. The van der Waals surface area contributed by atoms with E-state index in [2.05, 4.69) is 0 Å². The second-order valence-corrected chi connectivity index (χ2v) is 8.44. The average molecular weight is 390 g/mol. The van der Waals surface area contributed by atoms with Crippen LogP contribution in [0.5, 0.6) is 0 Å². The summed E-state index contributed by atoms with van der Waals surface area (Å²) in [4.78, 5) is 23.1. The molecule has 1 atom stereocenters. The summed E-state index contributed by atoms with van der Waals surface area (Å²) in [6, 6.07) is 0. The zero-order chi connectivity index (χ0) is 21.0. The van der Waals surface area contributed by atoms with Crippen LogP contribution in [-0.4, -0.2) is 18.2 Å². The molecule has 2 aliphatic rings. The molecule has 2 aliphatic carbocycles. The van der Waals surface area contributed by atoms with Gasteiger partial charge in [0.1, 0.15) is 12.0 Å². The number of alkyl halides is 2. The number of halogens is 2. The van der Waals surface area contributed by atoms with Crippen molar-refractivity contribution in [3.63, 3.8) is 0 Å². The van der Waals surface area contributed by atoms with Crippen molar-refractivity contribution in [2.24, 2.45) is 10.8 Å². The zero-order valence-corrected chi connectivity index (χ0v) is 16.9. The number of ketones is 1. The van der Waals surface area contributed by atoms with E-state index in [0.29, 0.717) is 18.3 Å². The van der Waals surface area contributed by atoms with Crippen LogP contribution in [-0.2, 0) is 14.3 Å². The molecule has 2 rings (SSSR count). The highest BCUT2D eigenvalue weighted by atomic mass is 19.3. The summed E-state index contributed by atoms with van der Waals surface area (Å²) < 4.78 is 35.0. The van der Waals surface area contributed by atoms with Gasteiger partial charge in [0, 0.05) is 17.4 Å². The van der Waals surface area contributed by atoms with E-state index in [1.807, 2.05) is 13.8 Å². The predicted molar refractivity (Wildman–Crippen MR) is 106 cm³/mol. The molecule has 0 fully saturated rings. The minimum atomic E-state index is -3.61. The summed E-state index contributed by atoms with van der Waals surface area (Å²) in [5, 5.41) is 0. The Bertz CT molecular complexity index is 782. The Morgan fingerprint density at radius 3 is 2.46 bits per heavy atom. The Hall–Kier alpha value is -2.30. The first kappa shape index (κ1) is 22.0. The van der Waals surface area contributed by atoms with Crippen LogP contribution in [0.4, 0.5) is 8.78 Å². The molecule has 0 saturated carbocycles. The summed E-state index contributed by atoms with van der Waals surface area (Å²) in [6.07, 6.45) is 9.81. The van der Waals surface area contributed by atoms with Crippen LogP contribution in [0.1, 0.15) is 53.4 Å². The maximum atomic E-state index is 14.9. The van der Waals surface area contributed by atoms with E-state index in [1.165, 1.54) is 24.3 Å². The lowest BCUT2D eigenvalue weighted by Crippen LogP contribution is -2.24. The summed E-state index contributed by atoms with van der Waals surface area (Å²) >= 11 is 0. The van der Waals surface area contributed by atoms with Crippen LogP contribution >= 0.6 is 0 Å². The molecule has 3 nitrogen and oxygen atoms in total. The number of hydrogen-bond acceptors (Lipinski definition) is 3. The minimum Gasteiger partial charge on any atom is -0.429 e. The molecule has 0 saturated heterocycles. The van der Waals surface area contributed by atoms with Crippen LogP contribution in [0.2, 0.25) is 0 Å². The van der Waals surface area contributed by atoms with Crippen LogP contribution in [0.15, 0.2) is 59.4 Å². The molecule has 0 spiro atoms. The highest BCUT2D eigenvalue weighted by molar-refractivity contribution is 5.91. The molecule has 0 amide bonds. The lowest BCUT2D eigenvalue weighted by Gasteiger charge is -2.26. The Morgan fingerprint density at radius 1 is 1.11 bits per heavy atom. The number of ether oxygens (including phenoxy) is 1. The molecule has 0 aromatic carbocycles. The van der Waals surface area contributed by atoms with Crippen LogP contribution < -0.4 is 0 Å². The SMILES string of the molecule is CCCCC1(C)C=C(C=O)C=CC(OC(F)(F)C2=CC(C)(C)CC(=O)C=C2)=C1. The second-order valence-electron chi connectivity index (χ2n) is 8.44. The molecule has 0 aromatic heterocycles. The zero-order valence-electron chi connectivity index (χ0n) is 16.9. The molecule has 0 bridgehead atoms. The first-order chi connectivity index (χ1) is 13.0. The Kier molecular flexibility index (Phi) is 6.58. The minimum absolute atomic E-state index is 0.000572. The van der Waals surface area contributed by atoms with Gasteiger partial charge in [0.2, 0.25) is 0 Å². The van der Waals surface area contributed by atoms with E-state index in [0.717, 1.165) is 18.9 Å². The van der Waals surface area contributed by atoms with Gasteiger partial charge in [0.05, 0.1) is 5.57 Å². The molecule has 152 valence electrons. The van der Waals surface area contributed by atoms with Crippen LogP contribution in [0.3, 0.4) is 0 Å². The third-order valence-corrected chi connectivity index (χ3v) is 4.82. The summed E-state index contributed by atoms with van der Waals surface area (Å²) in [6.45, 7) is 7.42. The van der Waals surface area contributed by atoms with Crippen LogP contribution in [0, 0.1) is 10.8 Å². The largest absolute Gasteiger partial charge is 0.429 e. The van der Waals surface area contributed by atoms with Gasteiger partial charge in [-0.3, -0.25) is 9.59 Å². The molecule has 0 aliphatic heterocycles. The fourth-order valence-corrected chi connectivity index (χ4v) is 3.46. The lowest BCUT2D eigenvalue weighted by molar-refractivity contribution is -0.177. The molecule has 0 heterocycles. The number of carbonyl (C=O) groups excluding carboxylic acids is 2. The van der Waals surface area contributed by atoms with Crippen molar-refractivity contribution in [3.05, 3.63) is 59.4 Å². The van der Waals surface area contributed by atoms with Gasteiger partial charge in [-0.1, -0.05) is 52.7 Å². The molecule has 1 unspecified atom stereocenters. The Morgan fingerprint density at radius 2 is 1.82 bits per heavy atom. The molecule has 5 heteroatoms. The van der Waals surface area contributed by atoms with E-state index in [4.69, 9.17) is 4.74 Å². The predicted octanol–water partition coefficient (Wildman–Crippen LogP) is 5.85. The molecule has 0 aromatic rings. The smallest absolute Gasteiger partial charge is 0.426 e. The van der Waals surface area contributed by atoms with Gasteiger partial charge in [-0.15, -0.1) is 0 Å². The maximum Gasteiger partial charge on any atom is 0.426 e. The standard InChI is InChI=1S/C23H28F2O3/c1-5-6-11-22(4)12-17(16-26)7-10-20(15-22)28-23(24,25)18-8-9-19(27)14-21(2,3)13-18/h7-10,12-13,15-16H,5-6,11,14H2,1-4H3. The number of rotatable bonds is 7. The third-order valence-electron chi connectivity index (χ3n) is 4.82. The summed E-state index contributed by atoms with van der Waals surface area (Å²) in [5.74, 6) is -0.202. The maximum absolute atomic E-state index is 14.9. The number of aldehydes is 1. The van der Waals surface area contributed by atoms with Crippen molar-refractivity contribution in [1.82, 2.24) is 0 Å². The van der Waals surface area contributed by atoms with Gasteiger partial charge in [0.25, 0.3) is 0 Å². The topological polar surface area (TPSA) is 43.4 Å². The van der Waals surface area contributed by atoms with Crippen molar-refractivity contribution >= 4 is 12.1 Å². The van der Waals surface area contributed by atoms with E-state index in [-0.39, 0.29) is 23.5 Å². The third kappa shape index (κ3) is 5.85. The molecular weight excluding hydrogens is 362 g/mol. The molecular formula is C23H28F2O3. The lowest BCUT2D eigenvalue weighted by atomic mass is 9.83. The number of carbonyl (C=O) groups is 2. The fourth-order valence-electron chi connectivity index (χ4n) is 3.46. The highest BCUT2D eigenvalue weighted by Gasteiger charge is 2.39. The van der Waals surface area contributed by atoms with Gasteiger partial charge in [-0.25, -0.2) is 0 Å². The van der Waals surface area contributed by atoms with Gasteiger partial charge in [-0.05, 0) is 42.2 Å². The van der Waals surface area contributed by atoms with Crippen molar-refractivity contribution in [2.75, 3.05) is 0 Å². The average Bonchev–Trinajstić information content (AvgIpc) is 2.83. The Labute approximate surface area is 165 Å². The van der Waals surface area contributed by atoms with E-state index in [1.54, 1.807) is 26.0 Å². The molecule has 0 N–H and O–H groups in total. The van der Waals surface area contributed by atoms with Crippen molar-refractivity contribution < 1.29 is 23.1 Å². The summed E-state index contributed by atoms with van der Waals surface area (Å²) in [5.41, 5.74) is -1.18. The van der Waals surface area contributed by atoms with E-state index >= 15 is 0 Å². The normalized spacial score (nSPS) is 24.6. The number of unbranched alkanes of at least 4 members (excludes halogenated alkanes) is 1. The van der Waals surface area contributed by atoms with Crippen molar-refractivity contribution in [3.8, 4) is 0 Å². The van der Waals surface area contributed by atoms with Gasteiger partial charge in [-0.2, -0.15) is 8.78 Å². The molecule has 28 heavy (non-hydrogen) atoms. The second kappa shape index (κ2) is 8.38. The first-order valence-corrected chi connectivity index (χ1v) is 9.59. The summed E-state index contributed by atoms with van der Waals surface area (Å²) in [7, 11) is 0. The number of allylic oxidation sites excluding steroid dienone is 7. The van der Waals surface area contributed by atoms with E-state index in [9.17, 15) is 18.4 Å². The van der Waals surface area contributed by atoms with E-state index < -0.39 is 16.9 Å². The monoisotopic (exact) mass is 390 g/mol.